The molecule has 12 heteroatoms. The van der Waals surface area contributed by atoms with Crippen molar-refractivity contribution in [2.24, 2.45) is 0 Å². The number of morpholine rings is 1. The first kappa shape index (κ1) is 29.8. The van der Waals surface area contributed by atoms with Gasteiger partial charge in [0.15, 0.2) is 15.7 Å². The SMILES string of the molecule is C[C@H]1COCCN1c1cc(C2(S(=O)(=O)c3ccc(C#N)cc3Cl)CC2)nc(-c2ccc(NC(=O)OC(C)(C)C)cc2)n1. The van der Waals surface area contributed by atoms with Crippen LogP contribution in [-0.4, -0.2) is 55.9 Å². The van der Waals surface area contributed by atoms with Crippen molar-refractivity contribution in [2.75, 3.05) is 30.0 Å². The summed E-state index contributed by atoms with van der Waals surface area (Å²) < 4.78 is 37.8. The van der Waals surface area contributed by atoms with Gasteiger partial charge in [0, 0.05) is 23.9 Å². The largest absolute Gasteiger partial charge is 0.444 e. The molecule has 3 aromatic rings. The van der Waals surface area contributed by atoms with Crippen LogP contribution in [0, 0.1) is 11.3 Å². The van der Waals surface area contributed by atoms with Gasteiger partial charge < -0.3 is 14.4 Å². The Labute approximate surface area is 250 Å². The van der Waals surface area contributed by atoms with Crippen LogP contribution in [0.25, 0.3) is 11.4 Å². The minimum Gasteiger partial charge on any atom is -0.444 e. The predicted octanol–water partition coefficient (Wildman–Crippen LogP) is 5.70. The van der Waals surface area contributed by atoms with Crippen LogP contribution in [-0.2, 0) is 24.1 Å². The summed E-state index contributed by atoms with van der Waals surface area (Å²) in [4.78, 5) is 23.9. The molecule has 220 valence electrons. The van der Waals surface area contributed by atoms with Crippen molar-refractivity contribution in [1.29, 1.82) is 5.26 Å². The molecule has 0 spiro atoms. The maximum atomic E-state index is 14.1. The van der Waals surface area contributed by atoms with Crippen LogP contribution in [0.1, 0.15) is 51.8 Å². The molecule has 0 radical (unpaired) electrons. The van der Waals surface area contributed by atoms with Crippen LogP contribution in [0.15, 0.2) is 53.4 Å². The molecule has 2 aromatic carbocycles. The topological polar surface area (TPSA) is 135 Å². The first-order valence-corrected chi connectivity index (χ1v) is 15.5. The van der Waals surface area contributed by atoms with Crippen LogP contribution in [0.3, 0.4) is 0 Å². The van der Waals surface area contributed by atoms with Crippen LogP contribution in [0.2, 0.25) is 5.02 Å². The molecule has 5 rings (SSSR count). The Morgan fingerprint density at radius 1 is 1.17 bits per heavy atom. The minimum absolute atomic E-state index is 0.00436. The molecule has 1 saturated carbocycles. The van der Waals surface area contributed by atoms with Crippen LogP contribution in [0.5, 0.6) is 0 Å². The number of anilines is 2. The normalized spacial score (nSPS) is 18.2. The highest BCUT2D eigenvalue weighted by atomic mass is 35.5. The molecule has 2 fully saturated rings. The fraction of sp³-hybridized carbons (Fsp3) is 0.400. The number of amides is 1. The molecule has 42 heavy (non-hydrogen) atoms. The van der Waals surface area contributed by atoms with E-state index in [0.29, 0.717) is 61.2 Å². The third kappa shape index (κ3) is 5.93. The second-order valence-corrected chi connectivity index (χ2v) is 14.1. The summed E-state index contributed by atoms with van der Waals surface area (Å²) in [7, 11) is -3.97. The summed E-state index contributed by atoms with van der Waals surface area (Å²) in [5, 5.41) is 11.9. The monoisotopic (exact) mass is 609 g/mol. The van der Waals surface area contributed by atoms with E-state index in [2.05, 4.69) is 10.2 Å². The standard InChI is InChI=1S/C30H32ClN5O5S/c1-19-18-40-14-13-36(19)26-16-25(30(11-12-30)42(38,39)24-10-5-20(17-32)15-23(24)31)34-27(35-26)21-6-8-22(9-7-21)33-28(37)41-29(2,3)4/h5-10,15-16,19H,11-14,18H2,1-4H3,(H,33,37)/t19-/m0/s1. The molecule has 0 bridgehead atoms. The Kier molecular flexibility index (Phi) is 7.91. The molecule has 1 amide bonds. The van der Waals surface area contributed by atoms with Gasteiger partial charge in [0.05, 0.1) is 46.5 Å². The van der Waals surface area contributed by atoms with Gasteiger partial charge in [-0.05, 0) is 83.0 Å². The van der Waals surface area contributed by atoms with E-state index in [1.165, 1.54) is 18.2 Å². The van der Waals surface area contributed by atoms with Gasteiger partial charge >= 0.3 is 6.09 Å². The van der Waals surface area contributed by atoms with Gasteiger partial charge in [0.1, 0.15) is 16.2 Å². The zero-order chi connectivity index (χ0) is 30.3. The summed E-state index contributed by atoms with van der Waals surface area (Å²) in [5.41, 5.74) is 1.21. The van der Waals surface area contributed by atoms with Crippen molar-refractivity contribution in [1.82, 2.24) is 9.97 Å². The predicted molar refractivity (Wildman–Crippen MR) is 159 cm³/mol. The fourth-order valence-electron chi connectivity index (χ4n) is 4.91. The lowest BCUT2D eigenvalue weighted by molar-refractivity contribution is 0.0636. The molecular formula is C30H32ClN5O5S. The number of benzene rings is 2. The van der Waals surface area contributed by atoms with Crippen molar-refractivity contribution in [3.05, 3.63) is 64.8 Å². The molecule has 2 aliphatic rings. The molecule has 10 nitrogen and oxygen atoms in total. The third-order valence-corrected chi connectivity index (χ3v) is 10.2. The molecule has 1 atom stereocenters. The number of hydrogen-bond donors (Lipinski definition) is 1. The van der Waals surface area contributed by atoms with Crippen LogP contribution in [0.4, 0.5) is 16.3 Å². The number of carbonyl (C=O) groups is 1. The van der Waals surface area contributed by atoms with Gasteiger partial charge in [-0.15, -0.1) is 0 Å². The quantitative estimate of drug-likeness (QED) is 0.373. The van der Waals surface area contributed by atoms with Crippen LogP contribution >= 0.6 is 11.6 Å². The van der Waals surface area contributed by atoms with Gasteiger partial charge in [-0.3, -0.25) is 5.32 Å². The van der Waals surface area contributed by atoms with Crippen molar-refractivity contribution in [3.63, 3.8) is 0 Å². The van der Waals surface area contributed by atoms with Crippen molar-refractivity contribution in [3.8, 4) is 17.5 Å². The van der Waals surface area contributed by atoms with Gasteiger partial charge in [0.2, 0.25) is 0 Å². The molecule has 1 aliphatic carbocycles. The number of ether oxygens (including phenoxy) is 2. The number of rotatable bonds is 6. The van der Waals surface area contributed by atoms with E-state index in [0.717, 1.165) is 0 Å². The number of carbonyl (C=O) groups excluding carboxylic acids is 1. The summed E-state index contributed by atoms with van der Waals surface area (Å²) >= 11 is 6.38. The molecule has 1 aromatic heterocycles. The second-order valence-electron chi connectivity index (χ2n) is 11.5. The lowest BCUT2D eigenvalue weighted by Gasteiger charge is -2.34. The highest BCUT2D eigenvalue weighted by Crippen LogP contribution is 2.56. The van der Waals surface area contributed by atoms with Gasteiger partial charge in [-0.25, -0.2) is 23.2 Å². The average Bonchev–Trinajstić information content (AvgIpc) is 3.75. The minimum atomic E-state index is -3.97. The number of nitrogens with zero attached hydrogens (tertiary/aromatic N) is 4. The smallest absolute Gasteiger partial charge is 0.412 e. The van der Waals surface area contributed by atoms with Crippen molar-refractivity contribution < 1.29 is 22.7 Å². The zero-order valence-electron chi connectivity index (χ0n) is 23.8. The average molecular weight is 610 g/mol. The first-order chi connectivity index (χ1) is 19.8. The number of nitrogens with one attached hydrogen (secondary N) is 1. The number of hydrogen-bond acceptors (Lipinski definition) is 9. The van der Waals surface area contributed by atoms with Crippen molar-refractivity contribution in [2.45, 2.75) is 61.8 Å². The summed E-state index contributed by atoms with van der Waals surface area (Å²) in [6, 6.07) is 14.9. The highest BCUT2D eigenvalue weighted by Gasteiger charge is 2.58. The van der Waals surface area contributed by atoms with Gasteiger partial charge in [0.25, 0.3) is 0 Å². The van der Waals surface area contributed by atoms with E-state index in [9.17, 15) is 18.5 Å². The lowest BCUT2D eigenvalue weighted by Crippen LogP contribution is -2.44. The molecule has 2 heterocycles. The third-order valence-electron chi connectivity index (χ3n) is 7.20. The van der Waals surface area contributed by atoms with E-state index in [-0.39, 0.29) is 21.5 Å². The number of halogens is 1. The molecule has 1 N–H and O–H groups in total. The first-order valence-electron chi connectivity index (χ1n) is 13.6. The van der Waals surface area contributed by atoms with Crippen molar-refractivity contribution >= 4 is 39.0 Å². The Hall–Kier alpha value is -3.72. The summed E-state index contributed by atoms with van der Waals surface area (Å²) in [5.74, 6) is 0.964. The van der Waals surface area contributed by atoms with E-state index < -0.39 is 26.3 Å². The summed E-state index contributed by atoms with van der Waals surface area (Å²) in [6.07, 6.45) is 0.178. The number of nitriles is 1. The lowest BCUT2D eigenvalue weighted by atomic mass is 10.1. The molecule has 1 aliphatic heterocycles. The Balaban J connectivity index is 1.55. The van der Waals surface area contributed by atoms with E-state index >= 15 is 0 Å². The fourth-order valence-corrected chi connectivity index (χ4v) is 7.40. The Morgan fingerprint density at radius 2 is 1.88 bits per heavy atom. The van der Waals surface area contributed by atoms with Gasteiger partial charge in [-0.1, -0.05) is 11.6 Å². The summed E-state index contributed by atoms with van der Waals surface area (Å²) in [6.45, 7) is 9.02. The maximum Gasteiger partial charge on any atom is 0.412 e. The van der Waals surface area contributed by atoms with Gasteiger partial charge in [-0.2, -0.15) is 5.26 Å². The molecular weight excluding hydrogens is 578 g/mol. The number of sulfone groups is 1. The maximum absolute atomic E-state index is 14.1. The molecule has 1 saturated heterocycles. The highest BCUT2D eigenvalue weighted by molar-refractivity contribution is 7.92. The van der Waals surface area contributed by atoms with E-state index in [4.69, 9.17) is 31.0 Å². The molecule has 0 unspecified atom stereocenters. The Bertz CT molecular complexity index is 1660. The van der Waals surface area contributed by atoms with E-state index in [1.54, 1.807) is 51.1 Å². The Morgan fingerprint density at radius 3 is 2.48 bits per heavy atom. The number of aromatic nitrogens is 2. The van der Waals surface area contributed by atoms with E-state index in [1.807, 2.05) is 13.0 Å². The van der Waals surface area contributed by atoms with Crippen LogP contribution < -0.4 is 10.2 Å². The zero-order valence-corrected chi connectivity index (χ0v) is 25.4. The second kappa shape index (κ2) is 11.2.